The van der Waals surface area contributed by atoms with Crippen LogP contribution in [0.15, 0.2) is 6.07 Å². The van der Waals surface area contributed by atoms with Crippen LogP contribution >= 0.6 is 23.2 Å². The number of anilines is 1. The third kappa shape index (κ3) is 3.21. The van der Waals surface area contributed by atoms with Crippen molar-refractivity contribution in [3.63, 3.8) is 0 Å². The predicted molar refractivity (Wildman–Crippen MR) is 70.7 cm³/mol. The molecule has 6 heteroatoms. The molecule has 1 fully saturated rings. The lowest BCUT2D eigenvalue weighted by Gasteiger charge is -2.34. The van der Waals surface area contributed by atoms with Crippen LogP contribution in [0.25, 0.3) is 0 Å². The second kappa shape index (κ2) is 5.85. The van der Waals surface area contributed by atoms with Gasteiger partial charge in [0.15, 0.2) is 10.3 Å². The summed E-state index contributed by atoms with van der Waals surface area (Å²) in [5.74, 6) is 0.636. The third-order valence-electron chi connectivity index (χ3n) is 3.14. The lowest BCUT2D eigenvalue weighted by molar-refractivity contribution is 0.396. The highest BCUT2D eigenvalue weighted by atomic mass is 35.5. The highest BCUT2D eigenvalue weighted by molar-refractivity contribution is 6.33. The van der Waals surface area contributed by atoms with Gasteiger partial charge in [-0.25, -0.2) is 0 Å². The van der Waals surface area contributed by atoms with Crippen LogP contribution < -0.4 is 10.6 Å². The van der Waals surface area contributed by atoms with Gasteiger partial charge in [-0.15, -0.1) is 10.2 Å². The van der Waals surface area contributed by atoms with Crippen molar-refractivity contribution in [3.8, 4) is 0 Å². The Hall–Kier alpha value is -0.580. The van der Waals surface area contributed by atoms with E-state index in [-0.39, 0.29) is 0 Å². The van der Waals surface area contributed by atoms with Crippen molar-refractivity contribution in [2.45, 2.75) is 19.3 Å². The van der Waals surface area contributed by atoms with E-state index in [0.29, 0.717) is 16.2 Å². The Morgan fingerprint density at radius 2 is 2.24 bits per heavy atom. The second-order valence-corrected chi connectivity index (χ2v) is 5.12. The number of nitrogens with zero attached hydrogens (tertiary/aromatic N) is 3. The SMILES string of the molecule is NCCC1CCCN(c2cc(Cl)nnc2Cl)C1. The van der Waals surface area contributed by atoms with E-state index < -0.39 is 0 Å². The molecule has 4 nitrogen and oxygen atoms in total. The molecule has 2 N–H and O–H groups in total. The zero-order chi connectivity index (χ0) is 12.3. The molecule has 1 aliphatic rings. The van der Waals surface area contributed by atoms with Gasteiger partial charge in [-0.3, -0.25) is 0 Å². The topological polar surface area (TPSA) is 55.0 Å². The minimum atomic E-state index is 0.380. The van der Waals surface area contributed by atoms with Crippen LogP contribution in [0, 0.1) is 5.92 Å². The summed E-state index contributed by atoms with van der Waals surface area (Å²) in [7, 11) is 0. The number of hydrogen-bond acceptors (Lipinski definition) is 4. The molecule has 1 aromatic heterocycles. The van der Waals surface area contributed by atoms with E-state index >= 15 is 0 Å². The molecule has 1 saturated heterocycles. The molecule has 1 unspecified atom stereocenters. The molecule has 1 atom stereocenters. The third-order valence-corrected chi connectivity index (χ3v) is 3.59. The zero-order valence-corrected chi connectivity index (χ0v) is 11.1. The molecular formula is C11H16Cl2N4. The molecule has 0 radical (unpaired) electrons. The summed E-state index contributed by atoms with van der Waals surface area (Å²) < 4.78 is 0. The molecule has 0 aliphatic carbocycles. The molecule has 2 rings (SSSR count). The number of piperidine rings is 1. The van der Waals surface area contributed by atoms with Gasteiger partial charge in [-0.1, -0.05) is 23.2 Å². The van der Waals surface area contributed by atoms with Crippen LogP contribution in [0.3, 0.4) is 0 Å². The molecule has 17 heavy (non-hydrogen) atoms. The van der Waals surface area contributed by atoms with Crippen molar-refractivity contribution in [1.29, 1.82) is 0 Å². The van der Waals surface area contributed by atoms with E-state index in [1.54, 1.807) is 6.07 Å². The molecule has 0 spiro atoms. The van der Waals surface area contributed by atoms with Gasteiger partial charge < -0.3 is 10.6 Å². The Labute approximate surface area is 111 Å². The molecule has 0 saturated carbocycles. The summed E-state index contributed by atoms with van der Waals surface area (Å²) in [5.41, 5.74) is 6.49. The summed E-state index contributed by atoms with van der Waals surface area (Å²) in [6.45, 7) is 2.70. The van der Waals surface area contributed by atoms with Gasteiger partial charge in [0.2, 0.25) is 0 Å². The fourth-order valence-corrected chi connectivity index (χ4v) is 2.67. The largest absolute Gasteiger partial charge is 0.369 e. The first-order chi connectivity index (χ1) is 8.20. The van der Waals surface area contributed by atoms with E-state index in [2.05, 4.69) is 15.1 Å². The Morgan fingerprint density at radius 1 is 1.41 bits per heavy atom. The highest BCUT2D eigenvalue weighted by Crippen LogP contribution is 2.30. The van der Waals surface area contributed by atoms with Gasteiger partial charge in [-0.2, -0.15) is 0 Å². The number of aromatic nitrogens is 2. The highest BCUT2D eigenvalue weighted by Gasteiger charge is 2.21. The van der Waals surface area contributed by atoms with Gasteiger partial charge in [-0.05, 0) is 31.7 Å². The molecule has 2 heterocycles. The van der Waals surface area contributed by atoms with Crippen LogP contribution in [-0.4, -0.2) is 29.8 Å². The van der Waals surface area contributed by atoms with Crippen LogP contribution in [0.4, 0.5) is 5.69 Å². The second-order valence-electron chi connectivity index (χ2n) is 4.37. The summed E-state index contributed by atoms with van der Waals surface area (Å²) in [6.07, 6.45) is 3.44. The maximum atomic E-state index is 6.06. The van der Waals surface area contributed by atoms with Gasteiger partial charge in [0.25, 0.3) is 0 Å². The van der Waals surface area contributed by atoms with Gasteiger partial charge in [0.1, 0.15) is 0 Å². The Kier molecular flexibility index (Phi) is 4.42. The monoisotopic (exact) mass is 274 g/mol. The Balaban J connectivity index is 2.13. The first-order valence-corrected chi connectivity index (χ1v) is 6.60. The minimum absolute atomic E-state index is 0.380. The van der Waals surface area contributed by atoms with E-state index in [4.69, 9.17) is 28.9 Å². The summed E-state index contributed by atoms with van der Waals surface area (Å²) in [6, 6.07) is 1.78. The van der Waals surface area contributed by atoms with Gasteiger partial charge >= 0.3 is 0 Å². The van der Waals surface area contributed by atoms with Crippen LogP contribution in [0.2, 0.25) is 10.3 Å². The fraction of sp³-hybridized carbons (Fsp3) is 0.636. The minimum Gasteiger partial charge on any atom is -0.369 e. The van der Waals surface area contributed by atoms with Crippen molar-refractivity contribution in [1.82, 2.24) is 10.2 Å². The molecular weight excluding hydrogens is 259 g/mol. The lowest BCUT2D eigenvalue weighted by Crippen LogP contribution is -2.36. The number of nitrogens with two attached hydrogens (primary N) is 1. The fourth-order valence-electron chi connectivity index (χ4n) is 2.32. The number of hydrogen-bond donors (Lipinski definition) is 1. The maximum absolute atomic E-state index is 6.06. The molecule has 1 aromatic rings. The standard InChI is InChI=1S/C11H16Cl2N4/c12-10-6-9(11(13)16-15-10)17-5-1-2-8(7-17)3-4-14/h6,8H,1-5,7,14H2. The van der Waals surface area contributed by atoms with Crippen molar-refractivity contribution in [2.75, 3.05) is 24.5 Å². The summed E-state index contributed by atoms with van der Waals surface area (Å²) in [4.78, 5) is 2.23. The van der Waals surface area contributed by atoms with Gasteiger partial charge in [0, 0.05) is 19.2 Å². The molecule has 0 bridgehead atoms. The van der Waals surface area contributed by atoms with Crippen LogP contribution in [0.5, 0.6) is 0 Å². The van der Waals surface area contributed by atoms with Crippen molar-refractivity contribution >= 4 is 28.9 Å². The smallest absolute Gasteiger partial charge is 0.175 e. The Morgan fingerprint density at radius 3 is 3.00 bits per heavy atom. The van der Waals surface area contributed by atoms with E-state index in [0.717, 1.165) is 38.2 Å². The first-order valence-electron chi connectivity index (χ1n) is 5.84. The first kappa shape index (κ1) is 12.9. The lowest BCUT2D eigenvalue weighted by atomic mass is 9.94. The average molecular weight is 275 g/mol. The van der Waals surface area contributed by atoms with Crippen LogP contribution in [0.1, 0.15) is 19.3 Å². The van der Waals surface area contributed by atoms with E-state index in [1.807, 2.05) is 0 Å². The summed E-state index contributed by atoms with van der Waals surface area (Å²) in [5, 5.41) is 8.37. The van der Waals surface area contributed by atoms with Crippen molar-refractivity contribution in [3.05, 3.63) is 16.4 Å². The van der Waals surface area contributed by atoms with E-state index in [9.17, 15) is 0 Å². The van der Waals surface area contributed by atoms with Crippen molar-refractivity contribution < 1.29 is 0 Å². The van der Waals surface area contributed by atoms with E-state index in [1.165, 1.54) is 6.42 Å². The molecule has 94 valence electrons. The number of rotatable bonds is 3. The van der Waals surface area contributed by atoms with Crippen molar-refractivity contribution in [2.24, 2.45) is 11.7 Å². The normalized spacial score (nSPS) is 20.6. The molecule has 1 aliphatic heterocycles. The van der Waals surface area contributed by atoms with Crippen LogP contribution in [-0.2, 0) is 0 Å². The number of halogens is 2. The molecule has 0 aromatic carbocycles. The molecule has 0 amide bonds. The predicted octanol–water partition coefficient (Wildman–Crippen LogP) is 2.35. The zero-order valence-electron chi connectivity index (χ0n) is 9.57. The van der Waals surface area contributed by atoms with Gasteiger partial charge in [0.05, 0.1) is 5.69 Å². The maximum Gasteiger partial charge on any atom is 0.175 e. The quantitative estimate of drug-likeness (QED) is 0.920. The average Bonchev–Trinajstić information content (AvgIpc) is 2.33. The Bertz CT molecular complexity index is 384. The summed E-state index contributed by atoms with van der Waals surface area (Å²) >= 11 is 11.9.